The highest BCUT2D eigenvalue weighted by atomic mass is 16.5. The van der Waals surface area contributed by atoms with Crippen LogP contribution in [-0.2, 0) is 4.74 Å². The quantitative estimate of drug-likeness (QED) is 0.581. The zero-order valence-corrected chi connectivity index (χ0v) is 8.55. The SMILES string of the molecule is CNCCN(CCC#N)CCOC. The Kier molecular flexibility index (Phi) is 9.00. The molecule has 0 bridgehead atoms. The molecular weight excluding hydrogens is 166 g/mol. The summed E-state index contributed by atoms with van der Waals surface area (Å²) in [6.45, 7) is 4.40. The zero-order valence-electron chi connectivity index (χ0n) is 8.55. The molecular formula is C9H19N3O. The number of hydrogen-bond acceptors (Lipinski definition) is 4. The summed E-state index contributed by atoms with van der Waals surface area (Å²) in [6.07, 6.45) is 0.591. The van der Waals surface area contributed by atoms with E-state index in [1.54, 1.807) is 7.11 Å². The van der Waals surface area contributed by atoms with Crippen LogP contribution in [-0.4, -0.2) is 51.8 Å². The van der Waals surface area contributed by atoms with E-state index in [4.69, 9.17) is 10.00 Å². The Morgan fingerprint density at radius 3 is 2.69 bits per heavy atom. The minimum Gasteiger partial charge on any atom is -0.383 e. The fourth-order valence-corrected chi connectivity index (χ4v) is 1.03. The summed E-state index contributed by atoms with van der Waals surface area (Å²) < 4.78 is 4.99. The van der Waals surface area contributed by atoms with Crippen LogP contribution < -0.4 is 5.32 Å². The second-order valence-electron chi connectivity index (χ2n) is 2.85. The van der Waals surface area contributed by atoms with E-state index in [-0.39, 0.29) is 0 Å². The van der Waals surface area contributed by atoms with Crippen LogP contribution >= 0.6 is 0 Å². The van der Waals surface area contributed by atoms with E-state index in [0.29, 0.717) is 6.42 Å². The van der Waals surface area contributed by atoms with Gasteiger partial charge in [0, 0.05) is 39.7 Å². The van der Waals surface area contributed by atoms with E-state index in [9.17, 15) is 0 Å². The Balaban J connectivity index is 3.54. The van der Waals surface area contributed by atoms with Crippen molar-refractivity contribution >= 4 is 0 Å². The Morgan fingerprint density at radius 1 is 1.38 bits per heavy atom. The number of likely N-dealkylation sites (N-methyl/N-ethyl adjacent to an activating group) is 1. The molecule has 1 N–H and O–H groups in total. The highest BCUT2D eigenvalue weighted by Crippen LogP contribution is 1.90. The molecule has 4 nitrogen and oxygen atoms in total. The van der Waals surface area contributed by atoms with Crippen LogP contribution in [0.1, 0.15) is 6.42 Å². The topological polar surface area (TPSA) is 48.3 Å². The van der Waals surface area contributed by atoms with Gasteiger partial charge >= 0.3 is 0 Å². The molecule has 0 amide bonds. The van der Waals surface area contributed by atoms with Crippen molar-refractivity contribution in [3.63, 3.8) is 0 Å². The summed E-state index contributed by atoms with van der Waals surface area (Å²) >= 11 is 0. The van der Waals surface area contributed by atoms with Crippen LogP contribution in [0.2, 0.25) is 0 Å². The molecule has 0 heterocycles. The summed E-state index contributed by atoms with van der Waals surface area (Å²) in [5.74, 6) is 0. The molecule has 0 atom stereocenters. The van der Waals surface area contributed by atoms with Gasteiger partial charge in [-0.15, -0.1) is 0 Å². The first-order valence-corrected chi connectivity index (χ1v) is 4.58. The molecule has 0 saturated heterocycles. The van der Waals surface area contributed by atoms with Crippen molar-refractivity contribution in [1.29, 1.82) is 5.26 Å². The third kappa shape index (κ3) is 7.72. The van der Waals surface area contributed by atoms with Gasteiger partial charge in [0.05, 0.1) is 12.7 Å². The van der Waals surface area contributed by atoms with Gasteiger partial charge < -0.3 is 10.1 Å². The van der Waals surface area contributed by atoms with Gasteiger partial charge in [-0.1, -0.05) is 0 Å². The summed E-state index contributed by atoms with van der Waals surface area (Å²) in [7, 11) is 3.62. The molecule has 0 aromatic rings. The number of hydrogen-bond donors (Lipinski definition) is 1. The molecule has 0 unspecified atom stereocenters. The summed E-state index contributed by atoms with van der Waals surface area (Å²) in [4.78, 5) is 2.23. The molecule has 0 aliphatic rings. The maximum atomic E-state index is 8.44. The second-order valence-corrected chi connectivity index (χ2v) is 2.85. The predicted octanol–water partition coefficient (Wildman–Crippen LogP) is 0.0679. The van der Waals surface area contributed by atoms with E-state index in [0.717, 1.165) is 32.8 Å². The maximum absolute atomic E-state index is 8.44. The molecule has 4 heteroatoms. The number of ether oxygens (including phenoxy) is 1. The van der Waals surface area contributed by atoms with Gasteiger partial charge in [-0.3, -0.25) is 4.90 Å². The van der Waals surface area contributed by atoms with Crippen molar-refractivity contribution in [2.75, 3.05) is 46.9 Å². The Labute approximate surface area is 80.5 Å². The van der Waals surface area contributed by atoms with E-state index >= 15 is 0 Å². The third-order valence-corrected chi connectivity index (χ3v) is 1.83. The molecule has 0 aromatic carbocycles. The first kappa shape index (κ1) is 12.4. The lowest BCUT2D eigenvalue weighted by Crippen LogP contribution is -2.34. The molecule has 0 aromatic heterocycles. The Bertz CT molecular complexity index is 136. The van der Waals surface area contributed by atoms with Crippen LogP contribution in [0.25, 0.3) is 0 Å². The summed E-state index contributed by atoms with van der Waals surface area (Å²) in [5, 5.41) is 11.5. The minimum atomic E-state index is 0.591. The van der Waals surface area contributed by atoms with Crippen LogP contribution in [0, 0.1) is 11.3 Å². The largest absolute Gasteiger partial charge is 0.383 e. The van der Waals surface area contributed by atoms with Crippen LogP contribution in [0.5, 0.6) is 0 Å². The van der Waals surface area contributed by atoms with Crippen LogP contribution in [0.3, 0.4) is 0 Å². The van der Waals surface area contributed by atoms with Crippen molar-refractivity contribution in [3.8, 4) is 6.07 Å². The molecule has 0 rings (SSSR count). The fourth-order valence-electron chi connectivity index (χ4n) is 1.03. The van der Waals surface area contributed by atoms with Gasteiger partial charge in [0.15, 0.2) is 0 Å². The molecule has 13 heavy (non-hydrogen) atoms. The number of nitrogens with one attached hydrogen (secondary N) is 1. The van der Waals surface area contributed by atoms with Crippen molar-refractivity contribution < 1.29 is 4.74 Å². The van der Waals surface area contributed by atoms with Gasteiger partial charge in [0.1, 0.15) is 0 Å². The number of nitrogens with zero attached hydrogens (tertiary/aromatic N) is 2. The molecule has 0 saturated carbocycles. The van der Waals surface area contributed by atoms with Gasteiger partial charge in [-0.2, -0.15) is 5.26 Å². The van der Waals surface area contributed by atoms with Crippen LogP contribution in [0.15, 0.2) is 0 Å². The van der Waals surface area contributed by atoms with Gasteiger partial charge in [0.2, 0.25) is 0 Å². The summed E-state index contributed by atoms with van der Waals surface area (Å²) in [6, 6.07) is 2.15. The maximum Gasteiger partial charge on any atom is 0.0635 e. The van der Waals surface area contributed by atoms with Crippen molar-refractivity contribution in [2.24, 2.45) is 0 Å². The normalized spacial score (nSPS) is 10.3. The average molecular weight is 185 g/mol. The average Bonchev–Trinajstić information content (AvgIpc) is 2.17. The van der Waals surface area contributed by atoms with Crippen molar-refractivity contribution in [3.05, 3.63) is 0 Å². The van der Waals surface area contributed by atoms with E-state index in [1.807, 2.05) is 7.05 Å². The monoisotopic (exact) mass is 185 g/mol. The highest BCUT2D eigenvalue weighted by Gasteiger charge is 2.02. The van der Waals surface area contributed by atoms with E-state index in [1.165, 1.54) is 0 Å². The standard InChI is InChI=1S/C9H19N3O/c1-11-5-7-12(6-3-4-10)8-9-13-2/h11H,3,5-9H2,1-2H3. The first-order chi connectivity index (χ1) is 6.35. The number of rotatable bonds is 8. The Morgan fingerprint density at radius 2 is 2.15 bits per heavy atom. The van der Waals surface area contributed by atoms with Crippen molar-refractivity contribution in [1.82, 2.24) is 10.2 Å². The number of nitriles is 1. The minimum absolute atomic E-state index is 0.591. The molecule has 0 radical (unpaired) electrons. The number of methoxy groups -OCH3 is 1. The molecule has 0 aliphatic carbocycles. The van der Waals surface area contributed by atoms with Gasteiger partial charge in [-0.05, 0) is 7.05 Å². The highest BCUT2D eigenvalue weighted by molar-refractivity contribution is 4.72. The second kappa shape index (κ2) is 9.46. The van der Waals surface area contributed by atoms with E-state index in [2.05, 4.69) is 16.3 Å². The lowest BCUT2D eigenvalue weighted by atomic mass is 10.4. The molecule has 0 aliphatic heterocycles. The van der Waals surface area contributed by atoms with Crippen molar-refractivity contribution in [2.45, 2.75) is 6.42 Å². The third-order valence-electron chi connectivity index (χ3n) is 1.83. The zero-order chi connectivity index (χ0) is 9.94. The Hall–Kier alpha value is -0.630. The lowest BCUT2D eigenvalue weighted by Gasteiger charge is -2.20. The summed E-state index contributed by atoms with van der Waals surface area (Å²) in [5.41, 5.74) is 0. The van der Waals surface area contributed by atoms with Crippen LogP contribution in [0.4, 0.5) is 0 Å². The first-order valence-electron chi connectivity index (χ1n) is 4.58. The predicted molar refractivity (Wildman–Crippen MR) is 52.5 cm³/mol. The smallest absolute Gasteiger partial charge is 0.0635 e. The van der Waals surface area contributed by atoms with Gasteiger partial charge in [0.25, 0.3) is 0 Å². The molecule has 76 valence electrons. The molecule has 0 fully saturated rings. The van der Waals surface area contributed by atoms with Gasteiger partial charge in [-0.25, -0.2) is 0 Å². The fraction of sp³-hybridized carbons (Fsp3) is 0.889. The lowest BCUT2D eigenvalue weighted by molar-refractivity contribution is 0.149. The van der Waals surface area contributed by atoms with E-state index < -0.39 is 0 Å². The molecule has 0 spiro atoms.